The molecule has 0 saturated heterocycles. The Morgan fingerprint density at radius 3 is 1.03 bits per heavy atom. The minimum atomic E-state index is -0.841. The van der Waals surface area contributed by atoms with Gasteiger partial charge in [-0.3, -0.25) is 14.4 Å². The molecule has 0 aliphatic heterocycles. The van der Waals surface area contributed by atoms with Crippen LogP contribution in [0.1, 0.15) is 168 Å². The molecule has 0 heterocycles. The maximum absolute atomic E-state index is 12.7. The van der Waals surface area contributed by atoms with Crippen molar-refractivity contribution < 1.29 is 28.6 Å². The predicted molar refractivity (Wildman–Crippen MR) is 246 cm³/mol. The Bertz CT molecular complexity index is 1290. The fourth-order valence-corrected chi connectivity index (χ4v) is 5.35. The first-order valence-electron chi connectivity index (χ1n) is 22.5. The molecule has 0 aliphatic rings. The molecule has 0 aromatic rings. The molecular formula is C52H80O6. The summed E-state index contributed by atoms with van der Waals surface area (Å²) in [6, 6.07) is 0. The molecular weight excluding hydrogens is 721 g/mol. The first-order chi connectivity index (χ1) is 28.5. The smallest absolute Gasteiger partial charge is 0.306 e. The predicted octanol–water partition coefficient (Wildman–Crippen LogP) is 14.6. The van der Waals surface area contributed by atoms with E-state index in [0.717, 1.165) is 83.5 Å². The Balaban J connectivity index is 4.60. The molecule has 0 rings (SSSR count). The Morgan fingerprint density at radius 1 is 0.362 bits per heavy atom. The summed E-state index contributed by atoms with van der Waals surface area (Å²) >= 11 is 0. The van der Waals surface area contributed by atoms with Crippen molar-refractivity contribution in [3.05, 3.63) is 122 Å². The van der Waals surface area contributed by atoms with E-state index < -0.39 is 6.10 Å². The van der Waals surface area contributed by atoms with Gasteiger partial charge in [0.1, 0.15) is 13.2 Å². The van der Waals surface area contributed by atoms with E-state index in [-0.39, 0.29) is 50.4 Å². The second kappa shape index (κ2) is 45.5. The van der Waals surface area contributed by atoms with Gasteiger partial charge in [-0.15, -0.1) is 0 Å². The van der Waals surface area contributed by atoms with Gasteiger partial charge in [-0.05, 0) is 116 Å². The fourth-order valence-electron chi connectivity index (χ4n) is 5.35. The van der Waals surface area contributed by atoms with Gasteiger partial charge in [0.25, 0.3) is 0 Å². The third-order valence-corrected chi connectivity index (χ3v) is 8.68. The van der Waals surface area contributed by atoms with Gasteiger partial charge >= 0.3 is 17.9 Å². The lowest BCUT2D eigenvalue weighted by molar-refractivity contribution is -0.167. The normalized spacial score (nSPS) is 13.2. The molecule has 0 aromatic carbocycles. The molecule has 58 heavy (non-hydrogen) atoms. The Morgan fingerprint density at radius 2 is 0.672 bits per heavy atom. The number of esters is 3. The second-order valence-electron chi connectivity index (χ2n) is 14.2. The summed E-state index contributed by atoms with van der Waals surface area (Å²) in [6.45, 7) is 6.20. The summed E-state index contributed by atoms with van der Waals surface area (Å²) in [5.74, 6) is -1.10. The van der Waals surface area contributed by atoms with Gasteiger partial charge in [-0.2, -0.15) is 0 Å². The zero-order valence-corrected chi connectivity index (χ0v) is 36.8. The van der Waals surface area contributed by atoms with Crippen molar-refractivity contribution in [2.24, 2.45) is 0 Å². The van der Waals surface area contributed by atoms with Crippen molar-refractivity contribution in [3.63, 3.8) is 0 Å². The first-order valence-corrected chi connectivity index (χ1v) is 22.5. The SMILES string of the molecule is CC/C=C\C/C=C\C/C=C\CCCCC(=O)OC(COC(=O)CCC/C=C\C/C=C\C/C=C\CC)COC(=O)CCC/C=C\C/C=C\C/C=C\C/C=C\CCCCC. The maximum Gasteiger partial charge on any atom is 0.306 e. The number of hydrogen-bond donors (Lipinski definition) is 0. The van der Waals surface area contributed by atoms with E-state index >= 15 is 0 Å². The summed E-state index contributed by atoms with van der Waals surface area (Å²) < 4.78 is 16.5. The van der Waals surface area contributed by atoms with Crippen LogP contribution in [0, 0.1) is 0 Å². The minimum Gasteiger partial charge on any atom is -0.462 e. The second-order valence-corrected chi connectivity index (χ2v) is 14.2. The number of carbonyl (C=O) groups is 3. The summed E-state index contributed by atoms with van der Waals surface area (Å²) in [5, 5.41) is 0. The van der Waals surface area contributed by atoms with E-state index in [1.165, 1.54) is 25.7 Å². The fraction of sp³-hybridized carbons (Fsp3) is 0.558. The molecule has 1 unspecified atom stereocenters. The number of carbonyl (C=O) groups excluding carboxylic acids is 3. The lowest BCUT2D eigenvalue weighted by atomic mass is 10.2. The van der Waals surface area contributed by atoms with Gasteiger partial charge in [0.2, 0.25) is 0 Å². The average molecular weight is 801 g/mol. The van der Waals surface area contributed by atoms with Crippen molar-refractivity contribution in [1.82, 2.24) is 0 Å². The van der Waals surface area contributed by atoms with Crippen LogP contribution in [-0.4, -0.2) is 37.2 Å². The molecule has 0 spiro atoms. The molecule has 0 amide bonds. The van der Waals surface area contributed by atoms with E-state index in [1.807, 2.05) is 0 Å². The van der Waals surface area contributed by atoms with E-state index in [0.29, 0.717) is 19.3 Å². The van der Waals surface area contributed by atoms with Crippen LogP contribution in [-0.2, 0) is 28.6 Å². The minimum absolute atomic E-state index is 0.141. The highest BCUT2D eigenvalue weighted by Crippen LogP contribution is 2.09. The van der Waals surface area contributed by atoms with Crippen molar-refractivity contribution >= 4 is 17.9 Å². The molecule has 6 heteroatoms. The lowest BCUT2D eigenvalue weighted by Gasteiger charge is -2.18. The molecule has 0 aliphatic carbocycles. The number of rotatable bonds is 38. The zero-order chi connectivity index (χ0) is 42.3. The van der Waals surface area contributed by atoms with Crippen LogP contribution in [0.2, 0.25) is 0 Å². The molecule has 0 radical (unpaired) electrons. The summed E-state index contributed by atoms with van der Waals surface area (Å²) in [7, 11) is 0. The van der Waals surface area contributed by atoms with Crippen LogP contribution in [0.4, 0.5) is 0 Å². The van der Waals surface area contributed by atoms with Crippen LogP contribution in [0.5, 0.6) is 0 Å². The van der Waals surface area contributed by atoms with Crippen molar-refractivity contribution in [2.75, 3.05) is 13.2 Å². The topological polar surface area (TPSA) is 78.9 Å². The van der Waals surface area contributed by atoms with E-state index in [2.05, 4.69) is 142 Å². The molecule has 0 saturated carbocycles. The van der Waals surface area contributed by atoms with Gasteiger partial charge in [-0.25, -0.2) is 0 Å². The Labute approximate surface area is 354 Å². The zero-order valence-electron chi connectivity index (χ0n) is 36.8. The third-order valence-electron chi connectivity index (χ3n) is 8.68. The lowest BCUT2D eigenvalue weighted by Crippen LogP contribution is -2.30. The van der Waals surface area contributed by atoms with Crippen LogP contribution in [0.25, 0.3) is 0 Å². The average Bonchev–Trinajstić information content (AvgIpc) is 3.22. The van der Waals surface area contributed by atoms with E-state index in [9.17, 15) is 14.4 Å². The number of unbranched alkanes of at least 4 members (excludes halogenated alkanes) is 7. The molecule has 6 nitrogen and oxygen atoms in total. The van der Waals surface area contributed by atoms with Crippen molar-refractivity contribution in [2.45, 2.75) is 175 Å². The molecule has 0 bridgehead atoms. The molecule has 0 N–H and O–H groups in total. The van der Waals surface area contributed by atoms with E-state index in [4.69, 9.17) is 14.2 Å². The number of hydrogen-bond acceptors (Lipinski definition) is 6. The Kier molecular flexibility index (Phi) is 42.2. The van der Waals surface area contributed by atoms with Gasteiger partial charge < -0.3 is 14.2 Å². The highest BCUT2D eigenvalue weighted by molar-refractivity contribution is 5.71. The quantitative estimate of drug-likeness (QED) is 0.0268. The van der Waals surface area contributed by atoms with Crippen LogP contribution < -0.4 is 0 Å². The monoisotopic (exact) mass is 801 g/mol. The van der Waals surface area contributed by atoms with Gasteiger partial charge in [0.05, 0.1) is 0 Å². The molecule has 1 atom stereocenters. The van der Waals surface area contributed by atoms with Crippen LogP contribution in [0.15, 0.2) is 122 Å². The van der Waals surface area contributed by atoms with Crippen molar-refractivity contribution in [3.8, 4) is 0 Å². The molecule has 0 fully saturated rings. The largest absolute Gasteiger partial charge is 0.462 e. The van der Waals surface area contributed by atoms with Crippen LogP contribution in [0.3, 0.4) is 0 Å². The highest BCUT2D eigenvalue weighted by atomic mass is 16.6. The Hall–Kier alpha value is -4.19. The van der Waals surface area contributed by atoms with Gasteiger partial charge in [-0.1, -0.05) is 155 Å². The van der Waals surface area contributed by atoms with Crippen LogP contribution >= 0.6 is 0 Å². The number of allylic oxidation sites excluding steroid dienone is 20. The first kappa shape index (κ1) is 53.8. The molecule has 324 valence electrons. The highest BCUT2D eigenvalue weighted by Gasteiger charge is 2.19. The summed E-state index contributed by atoms with van der Waals surface area (Å²) in [4.78, 5) is 37.7. The standard InChI is InChI=1S/C52H80O6/c1-4-7-10-13-16-19-22-24-25-26-27-28-31-33-36-39-42-45-51(54)57-48-49(47-56-50(53)44-41-38-35-32-29-21-18-15-12-9-6-3)58-52(55)46-43-40-37-34-30-23-20-17-14-11-8-5-2/h8-9,11-12,16-21,24-25,27-28,30,32-36,49H,4-7,10,13-15,22-23,26,29,31,37-48H2,1-3H3/b11-8-,12-9-,19-16-,20-17-,21-18-,25-24-,28-27-,34-30-,35-32-,36-33-. The van der Waals surface area contributed by atoms with E-state index in [1.54, 1.807) is 0 Å². The van der Waals surface area contributed by atoms with Gasteiger partial charge in [0, 0.05) is 19.3 Å². The molecule has 0 aromatic heterocycles. The number of ether oxygens (including phenoxy) is 3. The summed E-state index contributed by atoms with van der Waals surface area (Å²) in [5.41, 5.74) is 0. The van der Waals surface area contributed by atoms with Crippen molar-refractivity contribution in [1.29, 1.82) is 0 Å². The summed E-state index contributed by atoms with van der Waals surface area (Å²) in [6.07, 6.45) is 62.0. The maximum atomic E-state index is 12.7. The van der Waals surface area contributed by atoms with Gasteiger partial charge in [0.15, 0.2) is 6.10 Å². The third kappa shape index (κ3) is 42.9.